The Labute approximate surface area is 99.2 Å². The summed E-state index contributed by atoms with van der Waals surface area (Å²) in [6.45, 7) is 0.797. The van der Waals surface area contributed by atoms with Crippen LogP contribution in [0.3, 0.4) is 0 Å². The minimum absolute atomic E-state index is 0.0158. The predicted molar refractivity (Wildman–Crippen MR) is 62.5 cm³/mol. The number of carboxylic acid groups (broad SMARTS) is 1. The molecule has 0 aromatic heterocycles. The first kappa shape index (κ1) is 13.3. The van der Waals surface area contributed by atoms with Gasteiger partial charge >= 0.3 is 5.97 Å². The van der Waals surface area contributed by atoms with Crippen molar-refractivity contribution in [2.75, 3.05) is 16.6 Å². The van der Waals surface area contributed by atoms with Gasteiger partial charge in [0.2, 0.25) is 10.0 Å². The third-order valence-corrected chi connectivity index (χ3v) is 3.86. The molecule has 0 bridgehead atoms. The zero-order chi connectivity index (χ0) is 13.1. The number of carbonyl (C=O) groups is 1. The van der Waals surface area contributed by atoms with Gasteiger partial charge in [0.25, 0.3) is 0 Å². The lowest BCUT2D eigenvalue weighted by Gasteiger charge is -2.21. The molecule has 0 unspecified atom stereocenters. The van der Waals surface area contributed by atoms with Crippen LogP contribution in [0.5, 0.6) is 5.75 Å². The highest BCUT2D eigenvalue weighted by Gasteiger charge is 2.22. The van der Waals surface area contributed by atoms with Gasteiger partial charge in [-0.25, -0.2) is 8.42 Å². The number of sulfonamides is 1. The molecule has 0 radical (unpaired) electrons. The first-order valence-electron chi connectivity index (χ1n) is 4.88. The number of hydrogen-bond acceptors (Lipinski definition) is 4. The number of phenols is 1. The number of nitrogens with zero attached hydrogens (tertiary/aromatic N) is 1. The summed E-state index contributed by atoms with van der Waals surface area (Å²) in [5, 5.41) is 17.8. The van der Waals surface area contributed by atoms with Crippen LogP contribution in [0.25, 0.3) is 0 Å². The molecule has 1 aromatic carbocycles. The molecule has 0 amide bonds. The topological polar surface area (TPSA) is 94.9 Å². The molecule has 0 spiro atoms. The highest BCUT2D eigenvalue weighted by molar-refractivity contribution is 7.92. The van der Waals surface area contributed by atoms with Crippen molar-refractivity contribution in [2.24, 2.45) is 0 Å². The molecule has 17 heavy (non-hydrogen) atoms. The van der Waals surface area contributed by atoms with Crippen molar-refractivity contribution >= 4 is 21.7 Å². The highest BCUT2D eigenvalue weighted by Crippen LogP contribution is 2.21. The number of phenolic OH excluding ortho intramolecular Hbond substituents is 1. The van der Waals surface area contributed by atoms with Crippen LogP contribution in [0.4, 0.5) is 5.69 Å². The van der Waals surface area contributed by atoms with E-state index in [1.165, 1.54) is 31.2 Å². The van der Waals surface area contributed by atoms with E-state index in [1.807, 2.05) is 0 Å². The summed E-state index contributed by atoms with van der Waals surface area (Å²) in [5.41, 5.74) is 0.215. The van der Waals surface area contributed by atoms with Crippen LogP contribution in [0.1, 0.15) is 6.92 Å². The monoisotopic (exact) mass is 259 g/mol. The Hall–Kier alpha value is -1.76. The lowest BCUT2D eigenvalue weighted by Crippen LogP contribution is -2.36. The summed E-state index contributed by atoms with van der Waals surface area (Å²) in [6.07, 6.45) is 0. The number of rotatable bonds is 5. The van der Waals surface area contributed by atoms with Crippen molar-refractivity contribution in [3.05, 3.63) is 24.3 Å². The number of benzene rings is 1. The lowest BCUT2D eigenvalue weighted by atomic mass is 10.3. The van der Waals surface area contributed by atoms with E-state index in [0.29, 0.717) is 0 Å². The molecule has 0 aliphatic rings. The van der Waals surface area contributed by atoms with Crippen molar-refractivity contribution < 1.29 is 23.4 Å². The minimum atomic E-state index is -3.65. The van der Waals surface area contributed by atoms with E-state index < -0.39 is 22.5 Å². The average Bonchev–Trinajstić information content (AvgIpc) is 2.27. The van der Waals surface area contributed by atoms with Crippen LogP contribution in [0.2, 0.25) is 0 Å². The number of carboxylic acids is 1. The second-order valence-corrected chi connectivity index (χ2v) is 5.50. The van der Waals surface area contributed by atoms with Crippen molar-refractivity contribution in [1.29, 1.82) is 0 Å². The lowest BCUT2D eigenvalue weighted by molar-refractivity contribution is -0.135. The fourth-order valence-electron chi connectivity index (χ4n) is 1.25. The maximum atomic E-state index is 11.7. The maximum absolute atomic E-state index is 11.7. The van der Waals surface area contributed by atoms with Gasteiger partial charge in [-0.15, -0.1) is 0 Å². The summed E-state index contributed by atoms with van der Waals surface area (Å²) in [7, 11) is -3.65. The van der Waals surface area contributed by atoms with Crippen molar-refractivity contribution in [2.45, 2.75) is 6.92 Å². The standard InChI is InChI=1S/C10H13NO5S/c1-2-17(15,16)11(7-10(13)14)8-3-5-9(12)6-4-8/h3-6,12H,2,7H2,1H3,(H,13,14). The molecule has 0 aliphatic heterocycles. The van der Waals surface area contributed by atoms with E-state index in [9.17, 15) is 13.2 Å². The summed E-state index contributed by atoms with van der Waals surface area (Å²) < 4.78 is 24.2. The number of anilines is 1. The molecule has 0 saturated carbocycles. The van der Waals surface area contributed by atoms with Gasteiger partial charge in [-0.3, -0.25) is 9.10 Å². The van der Waals surface area contributed by atoms with Crippen LogP contribution in [-0.2, 0) is 14.8 Å². The number of hydrogen-bond donors (Lipinski definition) is 2. The van der Waals surface area contributed by atoms with Crippen LogP contribution in [0.15, 0.2) is 24.3 Å². The van der Waals surface area contributed by atoms with E-state index in [4.69, 9.17) is 10.2 Å². The summed E-state index contributed by atoms with van der Waals surface area (Å²) >= 11 is 0. The Balaban J connectivity index is 3.15. The fraction of sp³-hybridized carbons (Fsp3) is 0.300. The molecule has 6 nitrogen and oxygen atoms in total. The largest absolute Gasteiger partial charge is 0.508 e. The molecule has 7 heteroatoms. The molecule has 0 aliphatic carbocycles. The molecule has 1 rings (SSSR count). The smallest absolute Gasteiger partial charge is 0.324 e. The van der Waals surface area contributed by atoms with E-state index in [1.54, 1.807) is 0 Å². The van der Waals surface area contributed by atoms with Gasteiger partial charge in [0.1, 0.15) is 12.3 Å². The van der Waals surface area contributed by atoms with E-state index in [2.05, 4.69) is 0 Å². The van der Waals surface area contributed by atoms with Crippen molar-refractivity contribution in [1.82, 2.24) is 0 Å². The van der Waals surface area contributed by atoms with Crippen molar-refractivity contribution in [3.63, 3.8) is 0 Å². The van der Waals surface area contributed by atoms with Gasteiger partial charge in [0.15, 0.2) is 0 Å². The van der Waals surface area contributed by atoms with Crippen molar-refractivity contribution in [3.8, 4) is 5.75 Å². The highest BCUT2D eigenvalue weighted by atomic mass is 32.2. The Kier molecular flexibility index (Phi) is 3.95. The van der Waals surface area contributed by atoms with E-state index >= 15 is 0 Å². The normalized spacial score (nSPS) is 11.1. The number of aliphatic carboxylic acids is 1. The van der Waals surface area contributed by atoms with Crippen LogP contribution in [-0.4, -0.2) is 36.9 Å². The van der Waals surface area contributed by atoms with Crippen LogP contribution >= 0.6 is 0 Å². The van der Waals surface area contributed by atoms with Crippen LogP contribution in [0, 0.1) is 0 Å². The van der Waals surface area contributed by atoms with Gasteiger partial charge in [0, 0.05) is 0 Å². The molecule has 0 atom stereocenters. The molecular weight excluding hydrogens is 246 g/mol. The maximum Gasteiger partial charge on any atom is 0.324 e. The zero-order valence-electron chi connectivity index (χ0n) is 9.20. The van der Waals surface area contributed by atoms with Gasteiger partial charge in [-0.2, -0.15) is 0 Å². The fourth-order valence-corrected chi connectivity index (χ4v) is 2.31. The molecular formula is C10H13NO5S. The molecule has 0 saturated heterocycles. The molecule has 2 N–H and O–H groups in total. The average molecular weight is 259 g/mol. The van der Waals surface area contributed by atoms with E-state index in [-0.39, 0.29) is 17.2 Å². The summed E-state index contributed by atoms with van der Waals surface area (Å²) in [5.74, 6) is -1.45. The first-order valence-corrected chi connectivity index (χ1v) is 6.49. The Morgan fingerprint density at radius 1 is 1.29 bits per heavy atom. The molecule has 0 heterocycles. The minimum Gasteiger partial charge on any atom is -0.508 e. The van der Waals surface area contributed by atoms with Gasteiger partial charge in [0.05, 0.1) is 11.4 Å². The molecule has 0 fully saturated rings. The van der Waals surface area contributed by atoms with Gasteiger partial charge in [-0.1, -0.05) is 0 Å². The SMILES string of the molecule is CCS(=O)(=O)N(CC(=O)O)c1ccc(O)cc1. The summed E-state index contributed by atoms with van der Waals surface area (Å²) in [4.78, 5) is 10.7. The van der Waals surface area contributed by atoms with Crippen LogP contribution < -0.4 is 4.31 Å². The number of aromatic hydroxyl groups is 1. The second kappa shape index (κ2) is 5.05. The van der Waals surface area contributed by atoms with E-state index in [0.717, 1.165) is 4.31 Å². The Morgan fingerprint density at radius 3 is 2.24 bits per heavy atom. The Morgan fingerprint density at radius 2 is 1.82 bits per heavy atom. The second-order valence-electron chi connectivity index (χ2n) is 3.32. The van der Waals surface area contributed by atoms with Gasteiger partial charge < -0.3 is 10.2 Å². The third-order valence-electron chi connectivity index (χ3n) is 2.12. The Bertz CT molecular complexity index is 494. The third kappa shape index (κ3) is 3.35. The molecule has 94 valence electrons. The van der Waals surface area contributed by atoms with Gasteiger partial charge in [-0.05, 0) is 31.2 Å². The predicted octanol–water partition coefficient (Wildman–Crippen LogP) is 0.633. The first-order chi connectivity index (χ1) is 7.86. The zero-order valence-corrected chi connectivity index (χ0v) is 10.0. The summed E-state index contributed by atoms with van der Waals surface area (Å²) in [6, 6.07) is 5.31. The quantitative estimate of drug-likeness (QED) is 0.808. The molecule has 1 aromatic rings.